The Morgan fingerprint density at radius 1 is 0.718 bits per heavy atom. The minimum Gasteiger partial charge on any atom is -0.496 e. The SMILES string of the molecule is COc1cccc(CO)c1-c1cc2ccc1CCc1ccc(c(P(C3CCCCC3)C3CCCCC3)c1)CC2. The minimum absolute atomic E-state index is 0.0201. The molecule has 0 spiro atoms. The van der Waals surface area contributed by atoms with Crippen LogP contribution in [0.2, 0.25) is 0 Å². The molecule has 2 saturated carbocycles. The van der Waals surface area contributed by atoms with Crippen LogP contribution in [0.1, 0.15) is 92.0 Å². The number of aliphatic hydroxyl groups is 1. The zero-order valence-corrected chi connectivity index (χ0v) is 24.7. The number of benzene rings is 3. The number of methoxy groups -OCH3 is 1. The van der Waals surface area contributed by atoms with Crippen LogP contribution in [0.15, 0.2) is 54.6 Å². The van der Waals surface area contributed by atoms with E-state index in [9.17, 15) is 5.11 Å². The van der Waals surface area contributed by atoms with Gasteiger partial charge in [0.15, 0.2) is 0 Å². The fourth-order valence-corrected chi connectivity index (χ4v) is 11.7. The molecule has 9 rings (SSSR count). The summed E-state index contributed by atoms with van der Waals surface area (Å²) < 4.78 is 5.80. The van der Waals surface area contributed by atoms with Gasteiger partial charge in [-0.05, 0) is 107 Å². The van der Waals surface area contributed by atoms with Gasteiger partial charge in [-0.1, -0.05) is 95.0 Å². The van der Waals surface area contributed by atoms with Gasteiger partial charge in [0.1, 0.15) is 5.75 Å². The number of ether oxygens (including phenoxy) is 1. The first-order valence-corrected chi connectivity index (χ1v) is 17.0. The molecule has 0 amide bonds. The molecule has 0 unspecified atom stereocenters. The second-order valence-electron chi connectivity index (χ2n) is 12.1. The van der Waals surface area contributed by atoms with Crippen molar-refractivity contribution in [1.29, 1.82) is 0 Å². The second kappa shape index (κ2) is 12.6. The van der Waals surface area contributed by atoms with Gasteiger partial charge in [-0.15, -0.1) is 0 Å². The van der Waals surface area contributed by atoms with Gasteiger partial charge in [-0.3, -0.25) is 0 Å². The summed E-state index contributed by atoms with van der Waals surface area (Å²) >= 11 is 0. The van der Waals surface area contributed by atoms with Crippen molar-refractivity contribution in [1.82, 2.24) is 0 Å². The molecule has 3 aromatic carbocycles. The molecule has 0 aromatic heterocycles. The van der Waals surface area contributed by atoms with E-state index in [2.05, 4.69) is 36.4 Å². The predicted octanol–water partition coefficient (Wildman–Crippen LogP) is 8.51. The fraction of sp³-hybridized carbons (Fsp3) is 0.500. The number of rotatable bonds is 6. The van der Waals surface area contributed by atoms with Crippen molar-refractivity contribution in [3.63, 3.8) is 0 Å². The van der Waals surface area contributed by atoms with Crippen LogP contribution in [0, 0.1) is 0 Å². The minimum atomic E-state index is -0.102. The van der Waals surface area contributed by atoms with E-state index in [0.29, 0.717) is 0 Å². The average Bonchev–Trinajstić information content (AvgIpc) is 2.99. The van der Waals surface area contributed by atoms with Gasteiger partial charge < -0.3 is 9.84 Å². The molecule has 1 N–H and O–H groups in total. The Morgan fingerprint density at radius 3 is 1.97 bits per heavy atom. The van der Waals surface area contributed by atoms with Gasteiger partial charge in [0, 0.05) is 5.56 Å². The van der Waals surface area contributed by atoms with Crippen LogP contribution in [-0.4, -0.2) is 23.5 Å². The zero-order valence-electron chi connectivity index (χ0n) is 23.8. The predicted molar refractivity (Wildman–Crippen MR) is 166 cm³/mol. The molecule has 206 valence electrons. The molecule has 0 atom stereocenters. The lowest BCUT2D eigenvalue weighted by Crippen LogP contribution is -2.28. The highest BCUT2D eigenvalue weighted by atomic mass is 31.1. The van der Waals surface area contributed by atoms with E-state index >= 15 is 0 Å². The zero-order chi connectivity index (χ0) is 26.6. The molecule has 6 aliphatic carbocycles. The van der Waals surface area contributed by atoms with Gasteiger partial charge in [-0.2, -0.15) is 0 Å². The van der Waals surface area contributed by atoms with Crippen LogP contribution in [0.25, 0.3) is 11.1 Å². The van der Waals surface area contributed by atoms with Crippen molar-refractivity contribution in [2.45, 2.75) is 108 Å². The van der Waals surface area contributed by atoms with Gasteiger partial charge in [-0.25, -0.2) is 0 Å². The van der Waals surface area contributed by atoms with Gasteiger partial charge in [0.25, 0.3) is 0 Å². The van der Waals surface area contributed by atoms with Crippen molar-refractivity contribution in [2.75, 3.05) is 7.11 Å². The molecule has 0 radical (unpaired) electrons. The Balaban J connectivity index is 1.38. The van der Waals surface area contributed by atoms with Gasteiger partial charge in [0.2, 0.25) is 0 Å². The number of hydrogen-bond acceptors (Lipinski definition) is 2. The summed E-state index contributed by atoms with van der Waals surface area (Å²) in [6.07, 6.45) is 18.7. The monoisotopic (exact) mass is 540 g/mol. The highest BCUT2D eigenvalue weighted by molar-refractivity contribution is 7.67. The summed E-state index contributed by atoms with van der Waals surface area (Å²) in [7, 11) is 1.64. The lowest BCUT2D eigenvalue weighted by Gasteiger charge is -2.40. The van der Waals surface area contributed by atoms with Crippen molar-refractivity contribution < 1.29 is 9.84 Å². The van der Waals surface area contributed by atoms with E-state index in [4.69, 9.17) is 4.74 Å². The molecule has 0 heterocycles. The molecule has 4 bridgehead atoms. The highest BCUT2D eigenvalue weighted by Crippen LogP contribution is 2.55. The molecule has 2 nitrogen and oxygen atoms in total. The maximum absolute atomic E-state index is 10.2. The fourth-order valence-electron chi connectivity index (χ4n) is 7.60. The normalized spacial score (nSPS) is 18.7. The van der Waals surface area contributed by atoms with E-state index in [1.54, 1.807) is 18.0 Å². The maximum Gasteiger partial charge on any atom is 0.127 e. The number of hydrogen-bond donors (Lipinski definition) is 1. The molecule has 39 heavy (non-hydrogen) atoms. The van der Waals surface area contributed by atoms with Crippen LogP contribution in [-0.2, 0) is 32.3 Å². The summed E-state index contributed by atoms with van der Waals surface area (Å²) in [6, 6.07) is 20.8. The first kappa shape index (κ1) is 27.0. The molecule has 0 aliphatic heterocycles. The van der Waals surface area contributed by atoms with E-state index < -0.39 is 0 Å². The third-order valence-corrected chi connectivity index (χ3v) is 13.3. The summed E-state index contributed by atoms with van der Waals surface area (Å²) in [5, 5.41) is 12.0. The van der Waals surface area contributed by atoms with Gasteiger partial charge in [0.05, 0.1) is 13.7 Å². The molecule has 3 heteroatoms. The van der Waals surface area contributed by atoms with Crippen LogP contribution in [0.4, 0.5) is 0 Å². The smallest absolute Gasteiger partial charge is 0.127 e. The van der Waals surface area contributed by atoms with Crippen LogP contribution in [0.3, 0.4) is 0 Å². The Morgan fingerprint density at radius 2 is 1.33 bits per heavy atom. The first-order chi connectivity index (χ1) is 19.2. The molecule has 6 aliphatic rings. The van der Waals surface area contributed by atoms with Crippen molar-refractivity contribution in [3.05, 3.63) is 82.4 Å². The molecule has 0 saturated heterocycles. The third-order valence-electron chi connectivity index (χ3n) is 9.68. The van der Waals surface area contributed by atoms with E-state index in [0.717, 1.165) is 53.9 Å². The van der Waals surface area contributed by atoms with Crippen molar-refractivity contribution in [2.24, 2.45) is 0 Å². The molecular weight excluding hydrogens is 495 g/mol. The third kappa shape index (κ3) is 5.84. The summed E-state index contributed by atoms with van der Waals surface area (Å²) in [5.74, 6) is 0.850. The van der Waals surface area contributed by atoms with Crippen LogP contribution in [0.5, 0.6) is 5.75 Å². The summed E-state index contributed by atoms with van der Waals surface area (Å²) in [6.45, 7) is 0.0201. The van der Waals surface area contributed by atoms with E-state index in [-0.39, 0.29) is 14.5 Å². The lowest BCUT2D eigenvalue weighted by molar-refractivity contribution is 0.281. The summed E-state index contributed by atoms with van der Waals surface area (Å²) in [5.41, 5.74) is 11.0. The number of aliphatic hydroxyl groups excluding tert-OH is 1. The molecule has 2 fully saturated rings. The van der Waals surface area contributed by atoms with Crippen molar-refractivity contribution >= 4 is 13.2 Å². The average molecular weight is 541 g/mol. The van der Waals surface area contributed by atoms with Gasteiger partial charge >= 0.3 is 0 Å². The number of aryl methyl sites for hydroxylation is 4. The highest BCUT2D eigenvalue weighted by Gasteiger charge is 2.33. The second-order valence-corrected chi connectivity index (χ2v) is 14.9. The van der Waals surface area contributed by atoms with Crippen LogP contribution < -0.4 is 10.0 Å². The maximum atomic E-state index is 10.2. The Hall–Kier alpha value is -2.15. The first-order valence-electron chi connectivity index (χ1n) is 15.5. The largest absolute Gasteiger partial charge is 0.496 e. The summed E-state index contributed by atoms with van der Waals surface area (Å²) in [4.78, 5) is 0. The Bertz CT molecular complexity index is 1230. The Labute approximate surface area is 237 Å². The Kier molecular flexibility index (Phi) is 8.72. The standard InChI is InChI=1S/C36H45O2P/c1-38-34-14-8-9-30(25-37)36(34)33-23-26-15-19-28(33)20-16-27-18-22-29(21-17-26)35(24-27)39(31-10-4-2-5-11-31)32-12-6-3-7-13-32/h8-9,14-15,18-19,22-24,31-32,37H,2-7,10-13,16-17,20-21,25H2,1H3. The van der Waals surface area contributed by atoms with E-state index in [1.165, 1.54) is 86.5 Å². The van der Waals surface area contributed by atoms with E-state index in [1.807, 2.05) is 18.2 Å². The quantitative estimate of drug-likeness (QED) is 0.318. The van der Waals surface area contributed by atoms with Crippen molar-refractivity contribution in [3.8, 4) is 16.9 Å². The lowest BCUT2D eigenvalue weighted by atomic mass is 9.88. The van der Waals surface area contributed by atoms with Crippen LogP contribution >= 0.6 is 7.92 Å². The molecule has 3 aromatic rings. The topological polar surface area (TPSA) is 29.5 Å². The molecular formula is C36H45O2P.